The van der Waals surface area contributed by atoms with Crippen molar-refractivity contribution in [1.29, 1.82) is 0 Å². The van der Waals surface area contributed by atoms with E-state index < -0.39 is 0 Å². The Labute approximate surface area is 127 Å². The quantitative estimate of drug-likeness (QED) is 0.852. The molecule has 1 amide bonds. The van der Waals surface area contributed by atoms with Crippen LogP contribution in [0.5, 0.6) is 0 Å². The van der Waals surface area contributed by atoms with Crippen LogP contribution < -0.4 is 4.90 Å². The smallest absolute Gasteiger partial charge is 0.236 e. The van der Waals surface area contributed by atoms with Crippen LogP contribution in [0.3, 0.4) is 0 Å². The van der Waals surface area contributed by atoms with E-state index in [0.29, 0.717) is 11.6 Å². The second-order valence-electron chi connectivity index (χ2n) is 5.03. The molecule has 2 aromatic heterocycles. The van der Waals surface area contributed by atoms with Crippen molar-refractivity contribution >= 4 is 34.7 Å². The number of thiophene rings is 1. The van der Waals surface area contributed by atoms with Crippen LogP contribution in [-0.4, -0.2) is 22.2 Å². The number of carbonyl (C=O) groups is 1. The maximum Gasteiger partial charge on any atom is 0.236 e. The van der Waals surface area contributed by atoms with Crippen molar-refractivity contribution in [2.45, 2.75) is 32.7 Å². The highest BCUT2D eigenvalue weighted by molar-refractivity contribution is 7.10. The van der Waals surface area contributed by atoms with E-state index in [9.17, 15) is 4.79 Å². The lowest BCUT2D eigenvalue weighted by atomic mass is 10.1. The van der Waals surface area contributed by atoms with Gasteiger partial charge in [-0.25, -0.2) is 4.68 Å². The SMILES string of the molecule is Cc1nn2c(c1Cl)N(C(=O)C(C)c1cccs1)CCC2. The van der Waals surface area contributed by atoms with Crippen molar-refractivity contribution in [3.05, 3.63) is 33.1 Å². The average molecular weight is 310 g/mol. The molecule has 20 heavy (non-hydrogen) atoms. The first-order valence-corrected chi connectivity index (χ1v) is 7.93. The first kappa shape index (κ1) is 13.6. The lowest BCUT2D eigenvalue weighted by Crippen LogP contribution is -2.39. The lowest BCUT2D eigenvalue weighted by molar-refractivity contribution is -0.119. The van der Waals surface area contributed by atoms with Crippen LogP contribution in [0.2, 0.25) is 5.02 Å². The van der Waals surface area contributed by atoms with Gasteiger partial charge in [0, 0.05) is 18.0 Å². The monoisotopic (exact) mass is 309 g/mol. The number of hydrogen-bond acceptors (Lipinski definition) is 3. The fraction of sp³-hybridized carbons (Fsp3) is 0.429. The minimum absolute atomic E-state index is 0.0928. The van der Waals surface area contributed by atoms with Crippen LogP contribution in [0.4, 0.5) is 5.82 Å². The van der Waals surface area contributed by atoms with Gasteiger partial charge in [-0.2, -0.15) is 5.10 Å². The minimum Gasteiger partial charge on any atom is -0.295 e. The van der Waals surface area contributed by atoms with Gasteiger partial charge in [-0.05, 0) is 31.7 Å². The predicted molar refractivity (Wildman–Crippen MR) is 81.7 cm³/mol. The zero-order valence-electron chi connectivity index (χ0n) is 11.5. The molecule has 0 bridgehead atoms. The summed E-state index contributed by atoms with van der Waals surface area (Å²) in [5, 5.41) is 6.99. The number of fused-ring (bicyclic) bond motifs is 1. The van der Waals surface area contributed by atoms with Crippen LogP contribution in [0.1, 0.15) is 29.8 Å². The van der Waals surface area contributed by atoms with Crippen molar-refractivity contribution < 1.29 is 4.79 Å². The molecule has 1 atom stereocenters. The first-order chi connectivity index (χ1) is 9.59. The summed E-state index contributed by atoms with van der Waals surface area (Å²) in [6.45, 7) is 5.35. The highest BCUT2D eigenvalue weighted by Gasteiger charge is 2.31. The van der Waals surface area contributed by atoms with Gasteiger partial charge in [-0.15, -0.1) is 11.3 Å². The Morgan fingerprint density at radius 1 is 1.50 bits per heavy atom. The van der Waals surface area contributed by atoms with E-state index in [0.717, 1.165) is 29.4 Å². The minimum atomic E-state index is -0.146. The van der Waals surface area contributed by atoms with Gasteiger partial charge in [-0.3, -0.25) is 9.69 Å². The standard InChI is InChI=1S/C14H16ClN3OS/c1-9(11-5-3-8-20-11)14(19)17-6-4-7-18-13(17)12(15)10(2)16-18/h3,5,8-9H,4,6-7H2,1-2H3. The zero-order valence-corrected chi connectivity index (χ0v) is 13.0. The molecule has 0 aliphatic carbocycles. The Bertz CT molecular complexity index is 635. The molecule has 0 aromatic carbocycles. The summed E-state index contributed by atoms with van der Waals surface area (Å²) in [4.78, 5) is 15.6. The van der Waals surface area contributed by atoms with Gasteiger partial charge >= 0.3 is 0 Å². The van der Waals surface area contributed by atoms with Crippen LogP contribution in [0.25, 0.3) is 0 Å². The summed E-state index contributed by atoms with van der Waals surface area (Å²) < 4.78 is 1.85. The molecule has 0 spiro atoms. The Kier molecular flexibility index (Phi) is 3.56. The molecule has 0 saturated carbocycles. The van der Waals surface area contributed by atoms with Gasteiger partial charge in [-0.1, -0.05) is 17.7 Å². The van der Waals surface area contributed by atoms with Crippen LogP contribution in [0, 0.1) is 6.92 Å². The van der Waals surface area contributed by atoms with E-state index in [1.54, 1.807) is 16.2 Å². The number of rotatable bonds is 2. The number of carbonyl (C=O) groups excluding carboxylic acids is 1. The molecule has 1 aliphatic heterocycles. The molecule has 4 nitrogen and oxygen atoms in total. The molecule has 3 rings (SSSR count). The van der Waals surface area contributed by atoms with Crippen LogP contribution >= 0.6 is 22.9 Å². The van der Waals surface area contributed by atoms with Gasteiger partial charge in [0.25, 0.3) is 0 Å². The molecule has 6 heteroatoms. The topological polar surface area (TPSA) is 38.1 Å². The lowest BCUT2D eigenvalue weighted by Gasteiger charge is -2.30. The molecule has 0 fully saturated rings. The third-order valence-corrected chi connectivity index (χ3v) is 5.14. The van der Waals surface area contributed by atoms with Gasteiger partial charge in [0.2, 0.25) is 5.91 Å². The van der Waals surface area contributed by atoms with Crippen LogP contribution in [-0.2, 0) is 11.3 Å². The number of halogens is 1. The van der Waals surface area contributed by atoms with E-state index in [1.807, 2.05) is 36.0 Å². The molecule has 3 heterocycles. The van der Waals surface area contributed by atoms with Crippen molar-refractivity contribution in [1.82, 2.24) is 9.78 Å². The summed E-state index contributed by atoms with van der Waals surface area (Å²) in [5.41, 5.74) is 0.783. The van der Waals surface area contributed by atoms with Crippen molar-refractivity contribution in [2.75, 3.05) is 11.4 Å². The summed E-state index contributed by atoms with van der Waals surface area (Å²) in [5.74, 6) is 0.701. The molecule has 0 radical (unpaired) electrons. The van der Waals surface area contributed by atoms with E-state index in [-0.39, 0.29) is 11.8 Å². The maximum atomic E-state index is 12.8. The molecular formula is C14H16ClN3OS. The summed E-state index contributed by atoms with van der Waals surface area (Å²) in [6.07, 6.45) is 0.910. The third-order valence-electron chi connectivity index (χ3n) is 3.64. The van der Waals surface area contributed by atoms with E-state index in [4.69, 9.17) is 11.6 Å². The summed E-state index contributed by atoms with van der Waals surface area (Å²) in [7, 11) is 0. The van der Waals surface area contributed by atoms with Crippen molar-refractivity contribution in [2.24, 2.45) is 0 Å². The second-order valence-corrected chi connectivity index (χ2v) is 6.38. The number of aryl methyl sites for hydroxylation is 2. The molecule has 1 unspecified atom stereocenters. The second kappa shape index (κ2) is 5.22. The van der Waals surface area contributed by atoms with Gasteiger partial charge in [0.15, 0.2) is 5.82 Å². The Balaban J connectivity index is 1.94. The van der Waals surface area contributed by atoms with E-state index >= 15 is 0 Å². The van der Waals surface area contributed by atoms with Gasteiger partial charge in [0.05, 0.1) is 11.6 Å². The maximum absolute atomic E-state index is 12.8. The average Bonchev–Trinajstić information content (AvgIpc) is 3.07. The largest absolute Gasteiger partial charge is 0.295 e. The number of anilines is 1. The fourth-order valence-electron chi connectivity index (χ4n) is 2.55. The van der Waals surface area contributed by atoms with Gasteiger partial charge in [0.1, 0.15) is 5.02 Å². The van der Waals surface area contributed by atoms with Gasteiger partial charge < -0.3 is 0 Å². The predicted octanol–water partition coefficient (Wildman–Crippen LogP) is 3.45. The van der Waals surface area contributed by atoms with Crippen molar-refractivity contribution in [3.63, 3.8) is 0 Å². The summed E-state index contributed by atoms with van der Waals surface area (Å²) in [6, 6.07) is 3.97. The highest BCUT2D eigenvalue weighted by Crippen LogP contribution is 2.34. The third kappa shape index (κ3) is 2.15. The number of amides is 1. The zero-order chi connectivity index (χ0) is 14.3. The molecular weight excluding hydrogens is 294 g/mol. The number of hydrogen-bond donors (Lipinski definition) is 0. The number of nitrogens with zero attached hydrogens (tertiary/aromatic N) is 3. The molecule has 0 N–H and O–H groups in total. The summed E-state index contributed by atoms with van der Waals surface area (Å²) >= 11 is 7.93. The Morgan fingerprint density at radius 2 is 2.30 bits per heavy atom. The number of aromatic nitrogens is 2. The fourth-order valence-corrected chi connectivity index (χ4v) is 3.57. The van der Waals surface area contributed by atoms with E-state index in [2.05, 4.69) is 5.10 Å². The molecule has 1 aliphatic rings. The molecule has 2 aromatic rings. The molecule has 0 saturated heterocycles. The normalized spacial score (nSPS) is 16.1. The van der Waals surface area contributed by atoms with Crippen LogP contribution in [0.15, 0.2) is 17.5 Å². The van der Waals surface area contributed by atoms with Crippen molar-refractivity contribution in [3.8, 4) is 0 Å². The van der Waals surface area contributed by atoms with E-state index in [1.165, 1.54) is 0 Å². The Hall–Kier alpha value is -1.33. The Morgan fingerprint density at radius 3 is 3.00 bits per heavy atom. The first-order valence-electron chi connectivity index (χ1n) is 6.67. The molecule has 106 valence electrons. The highest BCUT2D eigenvalue weighted by atomic mass is 35.5.